The first-order chi connectivity index (χ1) is 7.65. The monoisotopic (exact) mass is 272 g/mol. The molecule has 0 saturated carbocycles. The predicted molar refractivity (Wildman–Crippen MR) is 50.0 cm³/mol. The number of para-hydroxylation sites is 1. The highest BCUT2D eigenvalue weighted by atomic mass is 31.2. The van der Waals surface area contributed by atoms with Crippen LogP contribution in [0.4, 0.5) is 13.2 Å². The van der Waals surface area contributed by atoms with Gasteiger partial charge in [0.05, 0.1) is 12.2 Å². The van der Waals surface area contributed by atoms with Gasteiger partial charge in [0.2, 0.25) is 0 Å². The minimum atomic E-state index is -5.14. The van der Waals surface area contributed by atoms with Gasteiger partial charge in [-0.3, -0.25) is 9.79 Å². The summed E-state index contributed by atoms with van der Waals surface area (Å²) in [5.74, 6) is -1.06. The zero-order chi connectivity index (χ0) is 13.3. The number of rotatable bonds is 3. The Labute approximate surface area is 93.7 Å². The van der Waals surface area contributed by atoms with Crippen LogP contribution in [-0.4, -0.2) is 14.9 Å². The Kier molecular flexibility index (Phi) is 3.83. The van der Waals surface area contributed by atoms with Gasteiger partial charge in [-0.1, -0.05) is 12.1 Å². The summed E-state index contributed by atoms with van der Waals surface area (Å²) < 4.78 is 52.1. The van der Waals surface area contributed by atoms with Crippen molar-refractivity contribution in [1.29, 1.82) is 0 Å². The molecule has 1 aromatic carbocycles. The molecule has 5 nitrogen and oxygen atoms in total. The van der Waals surface area contributed by atoms with E-state index in [2.05, 4.69) is 4.52 Å². The van der Waals surface area contributed by atoms with Crippen LogP contribution in [0, 0.1) is 0 Å². The van der Waals surface area contributed by atoms with Gasteiger partial charge in [0.15, 0.2) is 0 Å². The molecule has 0 heterocycles. The number of halogens is 3. The second-order valence-corrected chi connectivity index (χ2v) is 4.20. The molecule has 1 rings (SSSR count). The molecule has 0 aliphatic heterocycles. The van der Waals surface area contributed by atoms with Gasteiger partial charge in [0.25, 0.3) is 0 Å². The smallest absolute Gasteiger partial charge is 0.403 e. The summed E-state index contributed by atoms with van der Waals surface area (Å²) in [5.41, 5.74) is -1.71. The highest BCUT2D eigenvalue weighted by molar-refractivity contribution is 7.46. The third kappa shape index (κ3) is 3.71. The van der Waals surface area contributed by atoms with Crippen molar-refractivity contribution in [3.8, 4) is 5.75 Å². The Balaban J connectivity index is 3.36. The molecule has 96 valence electrons. The summed E-state index contributed by atoms with van der Waals surface area (Å²) in [4.78, 5) is 17.0. The second-order valence-electron chi connectivity index (χ2n) is 3.03. The maximum Gasteiger partial charge on any atom is 0.524 e. The van der Waals surface area contributed by atoms with Crippen LogP contribution in [0.25, 0.3) is 0 Å². The number of hydrogen-bond donors (Lipinski definition) is 3. The fourth-order valence-corrected chi connectivity index (χ4v) is 1.61. The van der Waals surface area contributed by atoms with Crippen molar-refractivity contribution in [3.05, 3.63) is 29.3 Å². The van der Waals surface area contributed by atoms with Crippen LogP contribution in [-0.2, 0) is 17.3 Å². The molecule has 0 fully saturated rings. The Bertz CT molecular complexity index is 453. The molecule has 0 spiro atoms. The number of aliphatic hydroxyl groups is 1. The van der Waals surface area contributed by atoms with E-state index in [4.69, 9.17) is 14.9 Å². The van der Waals surface area contributed by atoms with E-state index < -0.39 is 31.9 Å². The van der Waals surface area contributed by atoms with Crippen molar-refractivity contribution >= 4 is 7.82 Å². The molecular formula is C8H8F3O5P. The Hall–Kier alpha value is -1.08. The molecule has 0 atom stereocenters. The number of phosphoric acid groups is 1. The number of phosphoric ester groups is 1. The van der Waals surface area contributed by atoms with E-state index in [9.17, 15) is 17.7 Å². The maximum absolute atomic E-state index is 12.5. The summed E-state index contributed by atoms with van der Waals surface area (Å²) in [6.45, 7) is -0.834. The minimum absolute atomic E-state index is 0.358. The Morgan fingerprint density at radius 1 is 1.29 bits per heavy atom. The molecule has 0 bridgehead atoms. The fraction of sp³-hybridized carbons (Fsp3) is 0.250. The van der Waals surface area contributed by atoms with Gasteiger partial charge in [-0.15, -0.1) is 0 Å². The van der Waals surface area contributed by atoms with Crippen molar-refractivity contribution in [3.63, 3.8) is 0 Å². The van der Waals surface area contributed by atoms with E-state index in [0.29, 0.717) is 6.07 Å². The van der Waals surface area contributed by atoms with Crippen molar-refractivity contribution in [1.82, 2.24) is 0 Å². The lowest BCUT2D eigenvalue weighted by Crippen LogP contribution is -2.09. The first-order valence-electron chi connectivity index (χ1n) is 4.20. The first-order valence-corrected chi connectivity index (χ1v) is 5.73. The first kappa shape index (κ1) is 14.0. The molecule has 0 radical (unpaired) electrons. The number of benzene rings is 1. The molecule has 9 heteroatoms. The molecule has 3 N–H and O–H groups in total. The lowest BCUT2D eigenvalue weighted by molar-refractivity contribution is -0.138. The fourth-order valence-electron chi connectivity index (χ4n) is 1.16. The molecule has 0 amide bonds. The molecular weight excluding hydrogens is 264 g/mol. The third-order valence-corrected chi connectivity index (χ3v) is 2.20. The van der Waals surface area contributed by atoms with Gasteiger partial charge in [0.1, 0.15) is 5.75 Å². The van der Waals surface area contributed by atoms with Crippen LogP contribution < -0.4 is 4.52 Å². The summed E-state index contributed by atoms with van der Waals surface area (Å²) in [5, 5.41) is 8.81. The molecule has 0 aromatic heterocycles. The van der Waals surface area contributed by atoms with Crippen molar-refractivity contribution < 1.29 is 37.2 Å². The normalized spacial score (nSPS) is 12.6. The molecule has 0 aliphatic carbocycles. The highest BCUT2D eigenvalue weighted by Crippen LogP contribution is 2.45. The van der Waals surface area contributed by atoms with E-state index in [1.165, 1.54) is 0 Å². The largest absolute Gasteiger partial charge is 0.524 e. The highest BCUT2D eigenvalue weighted by Gasteiger charge is 2.37. The van der Waals surface area contributed by atoms with Crippen LogP contribution in [0.1, 0.15) is 11.1 Å². The topological polar surface area (TPSA) is 87.0 Å². The zero-order valence-electron chi connectivity index (χ0n) is 8.18. The van der Waals surface area contributed by atoms with Crippen molar-refractivity contribution in [2.45, 2.75) is 12.8 Å². The van der Waals surface area contributed by atoms with Crippen LogP contribution in [0.3, 0.4) is 0 Å². The van der Waals surface area contributed by atoms with E-state index in [1.807, 2.05) is 0 Å². The predicted octanol–water partition coefficient (Wildman–Crippen LogP) is 1.67. The van der Waals surface area contributed by atoms with Crippen molar-refractivity contribution in [2.24, 2.45) is 0 Å². The zero-order valence-corrected chi connectivity index (χ0v) is 9.07. The molecule has 17 heavy (non-hydrogen) atoms. The van der Waals surface area contributed by atoms with Crippen molar-refractivity contribution in [2.75, 3.05) is 0 Å². The second kappa shape index (κ2) is 4.66. The lowest BCUT2D eigenvalue weighted by Gasteiger charge is -2.16. The summed E-state index contributed by atoms with van der Waals surface area (Å²) in [7, 11) is -5.14. The molecule has 0 aliphatic rings. The van der Waals surface area contributed by atoms with Gasteiger partial charge in [0, 0.05) is 5.56 Å². The summed E-state index contributed by atoms with van der Waals surface area (Å²) in [6.07, 6.45) is -4.84. The lowest BCUT2D eigenvalue weighted by atomic mass is 10.1. The number of alkyl halides is 3. The third-order valence-electron chi connectivity index (χ3n) is 1.78. The van der Waals surface area contributed by atoms with E-state index >= 15 is 0 Å². The standard InChI is InChI=1S/C8H8F3O5P/c9-8(10,11)6-3-1-2-5(4-12)7(6)16-17(13,14)15/h1-3,12H,4H2,(H2,13,14,15). The van der Waals surface area contributed by atoms with Crippen LogP contribution in [0.5, 0.6) is 5.75 Å². The van der Waals surface area contributed by atoms with Gasteiger partial charge in [-0.2, -0.15) is 13.2 Å². The Morgan fingerprint density at radius 3 is 2.29 bits per heavy atom. The average molecular weight is 272 g/mol. The number of hydrogen-bond acceptors (Lipinski definition) is 3. The minimum Gasteiger partial charge on any atom is -0.403 e. The van der Waals surface area contributed by atoms with Crippen LogP contribution in [0.2, 0.25) is 0 Å². The number of aliphatic hydroxyl groups excluding tert-OH is 1. The SMILES string of the molecule is O=P(O)(O)Oc1c(CO)cccc1C(F)(F)F. The molecule has 1 aromatic rings. The molecule has 0 saturated heterocycles. The quantitative estimate of drug-likeness (QED) is 0.728. The van der Waals surface area contributed by atoms with Gasteiger partial charge >= 0.3 is 14.0 Å². The van der Waals surface area contributed by atoms with Crippen LogP contribution in [0.15, 0.2) is 18.2 Å². The van der Waals surface area contributed by atoms with E-state index in [-0.39, 0.29) is 5.56 Å². The van der Waals surface area contributed by atoms with Crippen LogP contribution >= 0.6 is 7.82 Å². The average Bonchev–Trinajstić information content (AvgIpc) is 2.13. The van der Waals surface area contributed by atoms with E-state index in [0.717, 1.165) is 12.1 Å². The van der Waals surface area contributed by atoms with Gasteiger partial charge in [-0.25, -0.2) is 4.57 Å². The van der Waals surface area contributed by atoms with E-state index in [1.54, 1.807) is 0 Å². The summed E-state index contributed by atoms with van der Waals surface area (Å²) in [6, 6.07) is 2.67. The van der Waals surface area contributed by atoms with Gasteiger partial charge in [-0.05, 0) is 6.07 Å². The molecule has 0 unspecified atom stereocenters. The van der Waals surface area contributed by atoms with Gasteiger partial charge < -0.3 is 9.63 Å². The Morgan fingerprint density at radius 2 is 1.88 bits per heavy atom. The summed E-state index contributed by atoms with van der Waals surface area (Å²) >= 11 is 0. The maximum atomic E-state index is 12.5.